The second kappa shape index (κ2) is 10.7. The van der Waals surface area contributed by atoms with Gasteiger partial charge in [0.25, 0.3) is 0 Å². The number of nitrogens with one attached hydrogen (secondary N) is 2. The maximum atomic E-state index is 12.4. The van der Waals surface area contributed by atoms with Gasteiger partial charge in [0.15, 0.2) is 5.16 Å². The molecule has 7 nitrogen and oxygen atoms in total. The van der Waals surface area contributed by atoms with Gasteiger partial charge < -0.3 is 15.2 Å². The number of halogens is 2. The number of carbonyl (C=O) groups is 2. The Morgan fingerprint density at radius 1 is 1.00 bits per heavy atom. The molecule has 2 aromatic carbocycles. The Hall–Kier alpha value is -2.55. The molecule has 0 radical (unpaired) electrons. The van der Waals surface area contributed by atoms with Gasteiger partial charge in [-0.05, 0) is 55.8 Å². The summed E-state index contributed by atoms with van der Waals surface area (Å²) >= 11 is 13.2. The van der Waals surface area contributed by atoms with Crippen molar-refractivity contribution in [3.05, 3.63) is 63.9 Å². The van der Waals surface area contributed by atoms with Gasteiger partial charge in [-0.3, -0.25) is 9.59 Å². The molecular formula is C21H21Cl2N5O2S. The number of nitrogens with zero attached hydrogens (tertiary/aromatic N) is 3. The maximum Gasteiger partial charge on any atom is 0.234 e. The molecule has 0 saturated heterocycles. The number of rotatable bonds is 8. The number of aryl methyl sites for hydroxylation is 1. The third-order valence-electron chi connectivity index (χ3n) is 4.34. The van der Waals surface area contributed by atoms with Crippen LogP contribution in [0.4, 0.5) is 11.4 Å². The monoisotopic (exact) mass is 477 g/mol. The SMILES string of the molecule is CCn1c(CC(=O)Nc2ccc(C)c(Cl)c2)nnc1SCC(=O)Nc1ccc(Cl)cc1. The van der Waals surface area contributed by atoms with Gasteiger partial charge in [0.1, 0.15) is 5.82 Å². The zero-order valence-electron chi connectivity index (χ0n) is 17.0. The van der Waals surface area contributed by atoms with Crippen molar-refractivity contribution in [2.24, 2.45) is 0 Å². The maximum absolute atomic E-state index is 12.4. The van der Waals surface area contributed by atoms with E-state index in [9.17, 15) is 9.59 Å². The molecule has 0 aliphatic carbocycles. The van der Waals surface area contributed by atoms with Gasteiger partial charge >= 0.3 is 0 Å². The number of amides is 2. The highest BCUT2D eigenvalue weighted by Crippen LogP contribution is 2.21. The number of aromatic nitrogens is 3. The molecule has 0 spiro atoms. The van der Waals surface area contributed by atoms with E-state index in [1.54, 1.807) is 36.4 Å². The van der Waals surface area contributed by atoms with E-state index in [0.717, 1.165) is 5.56 Å². The van der Waals surface area contributed by atoms with Crippen molar-refractivity contribution in [1.82, 2.24) is 14.8 Å². The average Bonchev–Trinajstić information content (AvgIpc) is 3.12. The lowest BCUT2D eigenvalue weighted by atomic mass is 10.2. The first kappa shape index (κ1) is 23.1. The lowest BCUT2D eigenvalue weighted by Crippen LogP contribution is -2.18. The van der Waals surface area contributed by atoms with E-state index < -0.39 is 0 Å². The first-order valence-electron chi connectivity index (χ1n) is 9.52. The summed E-state index contributed by atoms with van der Waals surface area (Å²) in [4.78, 5) is 24.6. The highest BCUT2D eigenvalue weighted by atomic mass is 35.5. The molecule has 31 heavy (non-hydrogen) atoms. The van der Waals surface area contributed by atoms with Crippen LogP contribution in [0.2, 0.25) is 10.0 Å². The minimum atomic E-state index is -0.223. The Morgan fingerprint density at radius 2 is 1.68 bits per heavy atom. The molecule has 0 bridgehead atoms. The van der Waals surface area contributed by atoms with Gasteiger partial charge in [0, 0.05) is 28.0 Å². The van der Waals surface area contributed by atoms with Crippen LogP contribution in [0.15, 0.2) is 47.6 Å². The summed E-state index contributed by atoms with van der Waals surface area (Å²) in [6, 6.07) is 12.2. The Balaban J connectivity index is 1.58. The third kappa shape index (κ3) is 6.46. The van der Waals surface area contributed by atoms with Crippen LogP contribution in [0.25, 0.3) is 0 Å². The van der Waals surface area contributed by atoms with Crippen molar-refractivity contribution in [1.29, 1.82) is 0 Å². The summed E-state index contributed by atoms with van der Waals surface area (Å²) in [5.41, 5.74) is 2.23. The van der Waals surface area contributed by atoms with E-state index in [4.69, 9.17) is 23.2 Å². The molecule has 3 rings (SSSR count). The summed E-state index contributed by atoms with van der Waals surface area (Å²) in [6.45, 7) is 4.40. The van der Waals surface area contributed by atoms with Crippen LogP contribution < -0.4 is 10.6 Å². The molecule has 0 fully saturated rings. The van der Waals surface area contributed by atoms with Gasteiger partial charge in [-0.15, -0.1) is 10.2 Å². The van der Waals surface area contributed by atoms with E-state index in [0.29, 0.717) is 38.9 Å². The van der Waals surface area contributed by atoms with E-state index in [-0.39, 0.29) is 24.0 Å². The number of hydrogen-bond donors (Lipinski definition) is 2. The van der Waals surface area contributed by atoms with E-state index in [1.807, 2.05) is 24.5 Å². The fourth-order valence-electron chi connectivity index (χ4n) is 2.75. The van der Waals surface area contributed by atoms with E-state index in [1.165, 1.54) is 11.8 Å². The smallest absolute Gasteiger partial charge is 0.234 e. The van der Waals surface area contributed by atoms with Crippen molar-refractivity contribution in [2.75, 3.05) is 16.4 Å². The summed E-state index contributed by atoms with van der Waals surface area (Å²) in [5, 5.41) is 15.7. The van der Waals surface area contributed by atoms with Gasteiger partial charge in [-0.25, -0.2) is 0 Å². The van der Waals surface area contributed by atoms with Crippen LogP contribution in [0.5, 0.6) is 0 Å². The highest BCUT2D eigenvalue weighted by Gasteiger charge is 2.16. The molecule has 1 aromatic heterocycles. The summed E-state index contributed by atoms with van der Waals surface area (Å²) < 4.78 is 1.82. The van der Waals surface area contributed by atoms with Crippen LogP contribution in [-0.2, 0) is 22.6 Å². The van der Waals surface area contributed by atoms with Crippen LogP contribution in [0, 0.1) is 6.92 Å². The molecule has 0 atom stereocenters. The molecule has 0 aliphatic heterocycles. The molecule has 0 unspecified atom stereocenters. The Kier molecular flexibility index (Phi) is 7.95. The lowest BCUT2D eigenvalue weighted by molar-refractivity contribution is -0.116. The average molecular weight is 478 g/mol. The Labute approximate surface area is 194 Å². The summed E-state index contributed by atoms with van der Waals surface area (Å²) in [6.07, 6.45) is 0.0594. The number of thioether (sulfide) groups is 1. The number of carbonyl (C=O) groups excluding carboxylic acids is 2. The number of benzene rings is 2. The number of anilines is 2. The van der Waals surface area contributed by atoms with Crippen molar-refractivity contribution in [2.45, 2.75) is 32.0 Å². The molecule has 2 N–H and O–H groups in total. The fourth-order valence-corrected chi connectivity index (χ4v) is 3.88. The topological polar surface area (TPSA) is 88.9 Å². The molecule has 0 aliphatic rings. The predicted octanol–water partition coefficient (Wildman–Crippen LogP) is 4.83. The predicted molar refractivity (Wildman–Crippen MR) is 125 cm³/mol. The second-order valence-electron chi connectivity index (χ2n) is 6.68. The molecule has 2 amide bonds. The minimum Gasteiger partial charge on any atom is -0.326 e. The minimum absolute atomic E-state index is 0.0594. The summed E-state index contributed by atoms with van der Waals surface area (Å²) in [7, 11) is 0. The largest absolute Gasteiger partial charge is 0.326 e. The first-order valence-corrected chi connectivity index (χ1v) is 11.3. The second-order valence-corrected chi connectivity index (χ2v) is 8.46. The molecule has 0 saturated carbocycles. The normalized spacial score (nSPS) is 10.7. The van der Waals surface area contributed by atoms with Crippen LogP contribution in [-0.4, -0.2) is 32.3 Å². The van der Waals surface area contributed by atoms with Crippen molar-refractivity contribution < 1.29 is 9.59 Å². The zero-order valence-corrected chi connectivity index (χ0v) is 19.3. The Morgan fingerprint density at radius 3 is 2.35 bits per heavy atom. The lowest BCUT2D eigenvalue weighted by Gasteiger charge is -2.09. The molecule has 10 heteroatoms. The van der Waals surface area contributed by atoms with Crippen molar-refractivity contribution in [3.8, 4) is 0 Å². The molecule has 3 aromatic rings. The van der Waals surface area contributed by atoms with Gasteiger partial charge in [-0.1, -0.05) is 41.0 Å². The van der Waals surface area contributed by atoms with Crippen LogP contribution in [0.3, 0.4) is 0 Å². The highest BCUT2D eigenvalue weighted by molar-refractivity contribution is 7.99. The Bertz CT molecular complexity index is 1090. The molecular weight excluding hydrogens is 457 g/mol. The van der Waals surface area contributed by atoms with Crippen LogP contribution in [0.1, 0.15) is 18.3 Å². The third-order valence-corrected chi connectivity index (χ3v) is 5.97. The van der Waals surface area contributed by atoms with Gasteiger partial charge in [-0.2, -0.15) is 0 Å². The fraction of sp³-hybridized carbons (Fsp3) is 0.238. The van der Waals surface area contributed by atoms with Crippen molar-refractivity contribution >= 4 is 58.2 Å². The zero-order chi connectivity index (χ0) is 22.4. The van der Waals surface area contributed by atoms with E-state index >= 15 is 0 Å². The molecule has 1 heterocycles. The van der Waals surface area contributed by atoms with Gasteiger partial charge in [0.2, 0.25) is 11.8 Å². The molecule has 162 valence electrons. The first-order chi connectivity index (χ1) is 14.9. The quantitative estimate of drug-likeness (QED) is 0.453. The van der Waals surface area contributed by atoms with Crippen molar-refractivity contribution in [3.63, 3.8) is 0 Å². The van der Waals surface area contributed by atoms with E-state index in [2.05, 4.69) is 20.8 Å². The van der Waals surface area contributed by atoms with Crippen LogP contribution >= 0.6 is 35.0 Å². The standard InChI is InChI=1S/C21H21Cl2N5O2S/c1-3-28-18(11-19(29)25-16-7-4-13(2)17(23)10-16)26-27-21(28)31-12-20(30)24-15-8-5-14(22)6-9-15/h4-10H,3,11-12H2,1-2H3,(H,24,30)(H,25,29). The summed E-state index contributed by atoms with van der Waals surface area (Å²) in [5.74, 6) is 0.292. The van der Waals surface area contributed by atoms with Gasteiger partial charge in [0.05, 0.1) is 12.2 Å². The number of hydrogen-bond acceptors (Lipinski definition) is 5.